The van der Waals surface area contributed by atoms with Crippen molar-refractivity contribution in [1.29, 1.82) is 0 Å². The molecule has 0 fully saturated rings. The molecule has 0 aromatic heterocycles. The number of nitrogens with one attached hydrogen (secondary N) is 2. The number of guanidine groups is 1. The maximum absolute atomic E-state index is 11.9. The number of alkyl halides is 3. The normalized spacial score (nSPS) is 11.6. The number of nitrogens with zero attached hydrogens (tertiary/aromatic N) is 1. The van der Waals surface area contributed by atoms with Crippen LogP contribution in [0.1, 0.15) is 12.0 Å². The Bertz CT molecular complexity index is 482. The lowest BCUT2D eigenvalue weighted by molar-refractivity contribution is -0.173. The molecular formula is C15H23F3IN3O2. The lowest BCUT2D eigenvalue weighted by Gasteiger charge is -2.12. The van der Waals surface area contributed by atoms with E-state index in [2.05, 4.69) is 20.4 Å². The molecular weight excluding hydrogens is 438 g/mol. The zero-order valence-corrected chi connectivity index (χ0v) is 16.0. The quantitative estimate of drug-likeness (QED) is 0.271. The third-order valence-electron chi connectivity index (χ3n) is 2.87. The van der Waals surface area contributed by atoms with Crippen LogP contribution in [0.5, 0.6) is 5.75 Å². The Morgan fingerprint density at radius 3 is 2.38 bits per heavy atom. The molecule has 0 atom stereocenters. The van der Waals surface area contributed by atoms with Crippen LogP contribution in [0.25, 0.3) is 0 Å². The van der Waals surface area contributed by atoms with Crippen molar-refractivity contribution in [1.82, 2.24) is 10.6 Å². The maximum atomic E-state index is 11.9. The van der Waals surface area contributed by atoms with E-state index in [4.69, 9.17) is 4.74 Å². The fourth-order valence-corrected chi connectivity index (χ4v) is 1.72. The minimum absolute atomic E-state index is 0. The van der Waals surface area contributed by atoms with Crippen LogP contribution in [0.4, 0.5) is 13.2 Å². The highest BCUT2D eigenvalue weighted by atomic mass is 127. The van der Waals surface area contributed by atoms with E-state index in [-0.39, 0.29) is 30.6 Å². The molecule has 1 aromatic rings. The highest BCUT2D eigenvalue weighted by Gasteiger charge is 2.27. The molecule has 5 nitrogen and oxygen atoms in total. The summed E-state index contributed by atoms with van der Waals surface area (Å²) in [7, 11) is 3.24. The molecule has 0 aliphatic rings. The SMILES string of the molecule is CN=C(NCCCOCC(F)(F)F)NCc1ccc(OC)cc1.I. The monoisotopic (exact) mass is 461 g/mol. The number of halogens is 4. The summed E-state index contributed by atoms with van der Waals surface area (Å²) in [6.45, 7) is -0.117. The van der Waals surface area contributed by atoms with E-state index in [1.54, 1.807) is 14.2 Å². The molecule has 0 unspecified atom stereocenters. The third-order valence-corrected chi connectivity index (χ3v) is 2.87. The van der Waals surface area contributed by atoms with Gasteiger partial charge in [0.2, 0.25) is 0 Å². The topological polar surface area (TPSA) is 54.9 Å². The van der Waals surface area contributed by atoms with Gasteiger partial charge in [0, 0.05) is 26.7 Å². The second kappa shape index (κ2) is 12.2. The van der Waals surface area contributed by atoms with Crippen molar-refractivity contribution in [3.63, 3.8) is 0 Å². The number of benzene rings is 1. The summed E-state index contributed by atoms with van der Waals surface area (Å²) in [5.41, 5.74) is 1.06. The summed E-state index contributed by atoms with van der Waals surface area (Å²) < 4.78 is 45.2. The van der Waals surface area contributed by atoms with Crippen LogP contribution in [0.2, 0.25) is 0 Å². The maximum Gasteiger partial charge on any atom is 0.411 e. The van der Waals surface area contributed by atoms with Crippen molar-refractivity contribution in [3.05, 3.63) is 29.8 Å². The van der Waals surface area contributed by atoms with Crippen LogP contribution in [-0.4, -0.2) is 46.1 Å². The Hall–Kier alpha value is -1.23. The van der Waals surface area contributed by atoms with E-state index >= 15 is 0 Å². The Kier molecular flexibility index (Phi) is 11.6. The first kappa shape index (κ1) is 22.8. The summed E-state index contributed by atoms with van der Waals surface area (Å²) in [5.74, 6) is 1.37. The van der Waals surface area contributed by atoms with Gasteiger partial charge in [-0.3, -0.25) is 4.99 Å². The molecule has 0 aliphatic carbocycles. The molecule has 138 valence electrons. The second-order valence-corrected chi connectivity index (χ2v) is 4.72. The summed E-state index contributed by atoms with van der Waals surface area (Å²) in [4.78, 5) is 4.04. The van der Waals surface area contributed by atoms with Gasteiger partial charge in [0.25, 0.3) is 0 Å². The first-order valence-corrected chi connectivity index (χ1v) is 7.16. The average Bonchev–Trinajstić information content (AvgIpc) is 2.53. The van der Waals surface area contributed by atoms with Gasteiger partial charge in [0.1, 0.15) is 12.4 Å². The van der Waals surface area contributed by atoms with Crippen molar-refractivity contribution < 1.29 is 22.6 Å². The Balaban J connectivity index is 0.00000529. The van der Waals surface area contributed by atoms with Crippen molar-refractivity contribution in [2.75, 3.05) is 33.9 Å². The zero-order valence-electron chi connectivity index (χ0n) is 13.7. The van der Waals surface area contributed by atoms with Crippen LogP contribution in [-0.2, 0) is 11.3 Å². The standard InChI is InChI=1S/C15H22F3N3O2.HI/c1-19-14(20-8-3-9-23-11-15(16,17)18)21-10-12-4-6-13(22-2)7-5-12;/h4-7H,3,8-11H2,1-2H3,(H2,19,20,21);1H. The van der Waals surface area contributed by atoms with Gasteiger partial charge in [0.15, 0.2) is 5.96 Å². The minimum atomic E-state index is -4.27. The molecule has 1 aromatic carbocycles. The highest BCUT2D eigenvalue weighted by molar-refractivity contribution is 14.0. The first-order chi connectivity index (χ1) is 10.9. The smallest absolute Gasteiger partial charge is 0.411 e. The van der Waals surface area contributed by atoms with Crippen molar-refractivity contribution in [2.24, 2.45) is 4.99 Å². The molecule has 2 N–H and O–H groups in total. The predicted octanol–water partition coefficient (Wildman–Crippen LogP) is 2.95. The third kappa shape index (κ3) is 10.5. The first-order valence-electron chi connectivity index (χ1n) is 7.16. The Labute approximate surface area is 157 Å². The van der Waals surface area contributed by atoms with Crippen molar-refractivity contribution in [2.45, 2.75) is 19.1 Å². The summed E-state index contributed by atoms with van der Waals surface area (Å²) in [6, 6.07) is 7.60. The van der Waals surface area contributed by atoms with Gasteiger partial charge in [-0.25, -0.2) is 0 Å². The zero-order chi connectivity index (χ0) is 17.1. The van der Waals surface area contributed by atoms with E-state index < -0.39 is 12.8 Å². The van der Waals surface area contributed by atoms with Gasteiger partial charge < -0.3 is 20.1 Å². The number of ether oxygens (including phenoxy) is 2. The molecule has 0 aliphatic heterocycles. The van der Waals surface area contributed by atoms with Crippen LogP contribution in [0, 0.1) is 0 Å². The summed E-state index contributed by atoms with van der Waals surface area (Å²) in [6.07, 6.45) is -3.82. The van der Waals surface area contributed by atoms with E-state index in [9.17, 15) is 13.2 Å². The van der Waals surface area contributed by atoms with Gasteiger partial charge in [-0.2, -0.15) is 13.2 Å². The van der Waals surface area contributed by atoms with Crippen molar-refractivity contribution >= 4 is 29.9 Å². The molecule has 9 heteroatoms. The average molecular weight is 461 g/mol. The number of methoxy groups -OCH3 is 1. The van der Waals surface area contributed by atoms with Gasteiger partial charge in [-0.15, -0.1) is 24.0 Å². The van der Waals surface area contributed by atoms with Gasteiger partial charge in [-0.05, 0) is 24.1 Å². The van der Waals surface area contributed by atoms with E-state index in [1.807, 2.05) is 24.3 Å². The number of hydrogen-bond acceptors (Lipinski definition) is 3. The molecule has 0 saturated heterocycles. The molecule has 1 rings (SSSR count). The van der Waals surface area contributed by atoms with Crippen LogP contribution in [0.15, 0.2) is 29.3 Å². The lowest BCUT2D eigenvalue weighted by Crippen LogP contribution is -2.37. The van der Waals surface area contributed by atoms with E-state index in [0.29, 0.717) is 25.5 Å². The summed E-state index contributed by atoms with van der Waals surface area (Å²) in [5, 5.41) is 6.13. The molecule has 0 amide bonds. The van der Waals surface area contributed by atoms with E-state index in [1.165, 1.54) is 0 Å². The Morgan fingerprint density at radius 2 is 1.83 bits per heavy atom. The van der Waals surface area contributed by atoms with Gasteiger partial charge >= 0.3 is 6.18 Å². The molecule has 0 heterocycles. The molecule has 0 radical (unpaired) electrons. The van der Waals surface area contributed by atoms with Crippen molar-refractivity contribution in [3.8, 4) is 5.75 Å². The van der Waals surface area contributed by atoms with Crippen LogP contribution >= 0.6 is 24.0 Å². The summed E-state index contributed by atoms with van der Waals surface area (Å²) >= 11 is 0. The number of aliphatic imine (C=N–C) groups is 1. The molecule has 0 saturated carbocycles. The fraction of sp³-hybridized carbons (Fsp3) is 0.533. The van der Waals surface area contributed by atoms with Gasteiger partial charge in [-0.1, -0.05) is 12.1 Å². The largest absolute Gasteiger partial charge is 0.497 e. The minimum Gasteiger partial charge on any atom is -0.497 e. The number of rotatable bonds is 8. The van der Waals surface area contributed by atoms with Gasteiger partial charge in [0.05, 0.1) is 7.11 Å². The lowest BCUT2D eigenvalue weighted by atomic mass is 10.2. The predicted molar refractivity (Wildman–Crippen MR) is 98.1 cm³/mol. The molecule has 0 spiro atoms. The van der Waals surface area contributed by atoms with E-state index in [0.717, 1.165) is 11.3 Å². The van der Waals surface area contributed by atoms with Crippen LogP contribution < -0.4 is 15.4 Å². The fourth-order valence-electron chi connectivity index (χ4n) is 1.72. The molecule has 0 bridgehead atoms. The van der Waals surface area contributed by atoms with Crippen LogP contribution in [0.3, 0.4) is 0 Å². The molecule has 24 heavy (non-hydrogen) atoms. The second-order valence-electron chi connectivity index (χ2n) is 4.72. The Morgan fingerprint density at radius 1 is 1.17 bits per heavy atom. The highest BCUT2D eigenvalue weighted by Crippen LogP contribution is 2.14. The number of hydrogen-bond donors (Lipinski definition) is 2.